The Morgan fingerprint density at radius 1 is 1.28 bits per heavy atom. The number of carboxylic acids is 1. The highest BCUT2D eigenvalue weighted by Gasteiger charge is 2.30. The molecule has 2 N–H and O–H groups in total. The maximum Gasteiger partial charge on any atom is 0.308 e. The van der Waals surface area contributed by atoms with Crippen molar-refractivity contribution in [2.75, 3.05) is 13.2 Å². The highest BCUT2D eigenvalue weighted by molar-refractivity contribution is 5.81. The van der Waals surface area contributed by atoms with Crippen LogP contribution in [0.4, 0.5) is 0 Å². The van der Waals surface area contributed by atoms with E-state index in [1.165, 1.54) is 0 Å². The number of nitrogens with one attached hydrogen (secondary N) is 1. The highest BCUT2D eigenvalue weighted by Crippen LogP contribution is 2.35. The zero-order valence-corrected chi connectivity index (χ0v) is 10.6. The van der Waals surface area contributed by atoms with E-state index in [1.807, 2.05) is 0 Å². The molecule has 1 aliphatic carbocycles. The Morgan fingerprint density at radius 2 is 2.06 bits per heavy atom. The first-order valence-corrected chi connectivity index (χ1v) is 6.79. The lowest BCUT2D eigenvalue weighted by Gasteiger charge is -2.22. The minimum atomic E-state index is -0.813. The van der Waals surface area contributed by atoms with E-state index in [1.54, 1.807) is 0 Å². The predicted molar refractivity (Wildman–Crippen MR) is 65.1 cm³/mol. The molecule has 2 atom stereocenters. The Balaban J connectivity index is 1.73. The molecule has 0 aromatic carbocycles. The van der Waals surface area contributed by atoms with Crippen molar-refractivity contribution in [1.82, 2.24) is 5.32 Å². The number of carbonyl (C=O) groups excluding carboxylic acids is 1. The van der Waals surface area contributed by atoms with Crippen LogP contribution >= 0.6 is 0 Å². The van der Waals surface area contributed by atoms with Crippen LogP contribution in [0.1, 0.15) is 38.5 Å². The number of aliphatic carboxylic acids is 1. The first-order chi connectivity index (χ1) is 8.66. The molecule has 2 rings (SSSR count). The van der Waals surface area contributed by atoms with Crippen molar-refractivity contribution in [3.8, 4) is 0 Å². The highest BCUT2D eigenvalue weighted by atomic mass is 16.5. The van der Waals surface area contributed by atoms with Crippen LogP contribution in [0, 0.1) is 11.8 Å². The molecule has 1 saturated carbocycles. The molecule has 0 radical (unpaired) electrons. The number of hydrogen-bond acceptors (Lipinski definition) is 3. The van der Waals surface area contributed by atoms with Crippen LogP contribution in [-0.2, 0) is 14.3 Å². The quantitative estimate of drug-likeness (QED) is 0.747. The minimum Gasteiger partial charge on any atom is -0.481 e. The van der Waals surface area contributed by atoms with Gasteiger partial charge in [-0.15, -0.1) is 0 Å². The lowest BCUT2D eigenvalue weighted by atomic mass is 10.0. The Labute approximate surface area is 107 Å². The van der Waals surface area contributed by atoms with Crippen LogP contribution in [0.5, 0.6) is 0 Å². The zero-order valence-electron chi connectivity index (χ0n) is 10.6. The van der Waals surface area contributed by atoms with E-state index >= 15 is 0 Å². The van der Waals surface area contributed by atoms with Gasteiger partial charge in [-0.05, 0) is 31.6 Å². The van der Waals surface area contributed by atoms with Gasteiger partial charge in [0.2, 0.25) is 5.91 Å². The molecule has 1 aliphatic heterocycles. The maximum atomic E-state index is 11.8. The summed E-state index contributed by atoms with van der Waals surface area (Å²) in [7, 11) is 0. The van der Waals surface area contributed by atoms with Gasteiger partial charge < -0.3 is 15.2 Å². The van der Waals surface area contributed by atoms with Crippen molar-refractivity contribution in [3.05, 3.63) is 0 Å². The fraction of sp³-hybridized carbons (Fsp3) is 0.846. The molecular formula is C13H21NO4. The molecule has 1 amide bonds. The number of carboxylic acid groups (broad SMARTS) is 1. The summed E-state index contributed by atoms with van der Waals surface area (Å²) in [5.41, 5.74) is 0. The minimum absolute atomic E-state index is 0.156. The first kappa shape index (κ1) is 13.3. The van der Waals surface area contributed by atoms with E-state index in [0.29, 0.717) is 18.9 Å². The van der Waals surface area contributed by atoms with E-state index in [4.69, 9.17) is 9.84 Å². The molecular weight excluding hydrogens is 234 g/mol. The molecule has 0 aromatic heterocycles. The Hall–Kier alpha value is -1.10. The second-order valence-electron chi connectivity index (χ2n) is 5.31. The lowest BCUT2D eigenvalue weighted by Crippen LogP contribution is -2.41. The number of ether oxygens (including phenoxy) is 1. The lowest BCUT2D eigenvalue weighted by molar-refractivity contribution is -0.142. The Kier molecular flexibility index (Phi) is 4.58. The van der Waals surface area contributed by atoms with E-state index in [0.717, 1.165) is 32.1 Å². The summed E-state index contributed by atoms with van der Waals surface area (Å²) in [5.74, 6) is -0.873. The number of rotatable bonds is 6. The van der Waals surface area contributed by atoms with Crippen molar-refractivity contribution in [2.45, 2.75) is 44.6 Å². The molecule has 5 nitrogen and oxygen atoms in total. The average molecular weight is 255 g/mol. The van der Waals surface area contributed by atoms with Gasteiger partial charge in [0.1, 0.15) is 6.10 Å². The summed E-state index contributed by atoms with van der Waals surface area (Å²) in [6.07, 6.45) is 5.31. The van der Waals surface area contributed by atoms with Crippen LogP contribution in [-0.4, -0.2) is 36.2 Å². The average Bonchev–Trinajstić information content (AvgIpc) is 3.18. The van der Waals surface area contributed by atoms with Crippen LogP contribution in [0.25, 0.3) is 0 Å². The largest absolute Gasteiger partial charge is 0.481 e. The van der Waals surface area contributed by atoms with Crippen LogP contribution in [0.3, 0.4) is 0 Å². The number of amides is 1. The monoisotopic (exact) mass is 255 g/mol. The first-order valence-electron chi connectivity index (χ1n) is 6.79. The van der Waals surface area contributed by atoms with Gasteiger partial charge in [-0.1, -0.05) is 12.8 Å². The summed E-state index contributed by atoms with van der Waals surface area (Å²) in [6.45, 7) is 0.854. The fourth-order valence-electron chi connectivity index (χ4n) is 2.31. The third-order valence-electron chi connectivity index (χ3n) is 3.66. The van der Waals surface area contributed by atoms with Crippen molar-refractivity contribution >= 4 is 11.9 Å². The zero-order chi connectivity index (χ0) is 13.0. The van der Waals surface area contributed by atoms with E-state index in [2.05, 4.69) is 5.32 Å². The van der Waals surface area contributed by atoms with Crippen molar-refractivity contribution in [1.29, 1.82) is 0 Å². The molecule has 2 aliphatic rings. The van der Waals surface area contributed by atoms with Gasteiger partial charge in [0.25, 0.3) is 0 Å². The molecule has 2 fully saturated rings. The van der Waals surface area contributed by atoms with Gasteiger partial charge in [0, 0.05) is 13.2 Å². The van der Waals surface area contributed by atoms with Crippen molar-refractivity contribution in [2.24, 2.45) is 11.8 Å². The third-order valence-corrected chi connectivity index (χ3v) is 3.66. The second kappa shape index (κ2) is 6.18. The fourth-order valence-corrected chi connectivity index (χ4v) is 2.31. The topological polar surface area (TPSA) is 75.6 Å². The summed E-state index contributed by atoms with van der Waals surface area (Å²) >= 11 is 0. The SMILES string of the molecule is O=C(O)C(CNC(=O)C1CCCCO1)CC1CC1. The van der Waals surface area contributed by atoms with Gasteiger partial charge in [-0.2, -0.15) is 0 Å². The molecule has 2 unspecified atom stereocenters. The standard InChI is InChI=1S/C13H21NO4/c15-12(11-3-1-2-6-18-11)14-8-10(13(16)17)7-9-4-5-9/h9-11H,1-8H2,(H,14,15)(H,16,17). The maximum absolute atomic E-state index is 11.8. The van der Waals surface area contributed by atoms with Gasteiger partial charge >= 0.3 is 5.97 Å². The van der Waals surface area contributed by atoms with Crippen LogP contribution in [0.2, 0.25) is 0 Å². The molecule has 102 valence electrons. The van der Waals surface area contributed by atoms with Gasteiger partial charge in [0.05, 0.1) is 5.92 Å². The normalized spacial score (nSPS) is 25.4. The third kappa shape index (κ3) is 3.98. The van der Waals surface area contributed by atoms with Crippen molar-refractivity contribution < 1.29 is 19.4 Å². The summed E-state index contributed by atoms with van der Waals surface area (Å²) < 4.78 is 5.37. The Morgan fingerprint density at radius 3 is 2.61 bits per heavy atom. The molecule has 18 heavy (non-hydrogen) atoms. The van der Waals surface area contributed by atoms with Crippen LogP contribution < -0.4 is 5.32 Å². The smallest absolute Gasteiger partial charge is 0.308 e. The van der Waals surface area contributed by atoms with Gasteiger partial charge in [-0.3, -0.25) is 9.59 Å². The van der Waals surface area contributed by atoms with Gasteiger partial charge in [-0.25, -0.2) is 0 Å². The molecule has 1 saturated heterocycles. The summed E-state index contributed by atoms with van der Waals surface area (Å²) in [6, 6.07) is 0. The Bertz CT molecular complexity index is 308. The molecule has 0 spiro atoms. The van der Waals surface area contributed by atoms with Gasteiger partial charge in [0.15, 0.2) is 0 Å². The van der Waals surface area contributed by atoms with Crippen LogP contribution in [0.15, 0.2) is 0 Å². The van der Waals surface area contributed by atoms with E-state index in [9.17, 15) is 9.59 Å². The molecule has 0 aromatic rings. The van der Waals surface area contributed by atoms with E-state index < -0.39 is 11.9 Å². The summed E-state index contributed by atoms with van der Waals surface area (Å²) in [4.78, 5) is 22.9. The number of carbonyl (C=O) groups is 2. The van der Waals surface area contributed by atoms with Crippen molar-refractivity contribution in [3.63, 3.8) is 0 Å². The second-order valence-corrected chi connectivity index (χ2v) is 5.31. The summed E-state index contributed by atoms with van der Waals surface area (Å²) in [5, 5.41) is 11.8. The van der Waals surface area contributed by atoms with E-state index in [-0.39, 0.29) is 18.6 Å². The molecule has 1 heterocycles. The number of hydrogen-bond donors (Lipinski definition) is 2. The molecule has 0 bridgehead atoms. The molecule has 5 heteroatoms. The predicted octanol–water partition coefficient (Wildman–Crippen LogP) is 1.17.